The minimum Gasteiger partial charge on any atom is -0.359 e. The molecule has 0 atom stereocenters. The monoisotopic (exact) mass is 291 g/mol. The number of amides is 3. The normalized spacial score (nSPS) is 15.4. The molecule has 0 spiro atoms. The molecule has 0 saturated carbocycles. The summed E-state index contributed by atoms with van der Waals surface area (Å²) in [5.41, 5.74) is 0.651. The zero-order chi connectivity index (χ0) is 15.2. The molecule has 7 nitrogen and oxygen atoms in total. The molecule has 0 aromatic carbocycles. The number of pyridine rings is 1. The second-order valence-corrected chi connectivity index (χ2v) is 4.98. The van der Waals surface area contributed by atoms with Crippen LogP contribution in [0.5, 0.6) is 0 Å². The molecule has 1 aromatic rings. The summed E-state index contributed by atoms with van der Waals surface area (Å²) in [5, 5.41) is 7.85. The van der Waals surface area contributed by atoms with Crippen LogP contribution < -0.4 is 20.9 Å². The van der Waals surface area contributed by atoms with E-state index in [1.807, 2.05) is 12.1 Å². The molecule has 3 N–H and O–H groups in total. The van der Waals surface area contributed by atoms with E-state index in [2.05, 4.69) is 25.8 Å². The van der Waals surface area contributed by atoms with Crippen LogP contribution in [0.2, 0.25) is 0 Å². The minimum atomic E-state index is -0.268. The fourth-order valence-corrected chi connectivity index (χ4v) is 2.42. The number of hydrogen-bond donors (Lipinski definition) is 3. The Kier molecular flexibility index (Phi) is 4.97. The van der Waals surface area contributed by atoms with E-state index < -0.39 is 0 Å². The van der Waals surface area contributed by atoms with Gasteiger partial charge in [-0.15, -0.1) is 0 Å². The Morgan fingerprint density at radius 1 is 1.19 bits per heavy atom. The van der Waals surface area contributed by atoms with Crippen LogP contribution in [0, 0.1) is 5.92 Å². The van der Waals surface area contributed by atoms with E-state index in [0.29, 0.717) is 5.69 Å². The molecule has 3 amide bonds. The van der Waals surface area contributed by atoms with E-state index in [1.54, 1.807) is 20.3 Å². The van der Waals surface area contributed by atoms with Crippen molar-refractivity contribution in [1.29, 1.82) is 0 Å². The van der Waals surface area contributed by atoms with Crippen LogP contribution in [-0.4, -0.2) is 44.1 Å². The zero-order valence-electron chi connectivity index (χ0n) is 12.3. The summed E-state index contributed by atoms with van der Waals surface area (Å²) < 4.78 is 0. The Balaban J connectivity index is 1.92. The van der Waals surface area contributed by atoms with Crippen LogP contribution in [0.4, 0.5) is 16.3 Å². The van der Waals surface area contributed by atoms with Crippen molar-refractivity contribution >= 4 is 23.4 Å². The van der Waals surface area contributed by atoms with Crippen molar-refractivity contribution in [3.05, 3.63) is 18.3 Å². The van der Waals surface area contributed by atoms with Gasteiger partial charge in [-0.3, -0.25) is 4.79 Å². The van der Waals surface area contributed by atoms with Gasteiger partial charge >= 0.3 is 6.03 Å². The summed E-state index contributed by atoms with van der Waals surface area (Å²) in [7, 11) is 3.24. The van der Waals surface area contributed by atoms with Gasteiger partial charge in [0.15, 0.2) is 0 Å². The molecule has 0 radical (unpaired) electrons. The maximum absolute atomic E-state index is 11.6. The van der Waals surface area contributed by atoms with Crippen molar-refractivity contribution in [3.63, 3.8) is 0 Å². The number of hydrogen-bond acceptors (Lipinski definition) is 4. The highest BCUT2D eigenvalue weighted by Gasteiger charge is 2.24. The third-order valence-electron chi connectivity index (χ3n) is 3.67. The third-order valence-corrected chi connectivity index (χ3v) is 3.67. The molecule has 0 aliphatic carbocycles. The predicted molar refractivity (Wildman–Crippen MR) is 81.3 cm³/mol. The number of anilines is 2. The lowest BCUT2D eigenvalue weighted by atomic mass is 9.96. The first-order chi connectivity index (χ1) is 10.1. The van der Waals surface area contributed by atoms with E-state index >= 15 is 0 Å². The van der Waals surface area contributed by atoms with Crippen molar-refractivity contribution in [1.82, 2.24) is 15.6 Å². The lowest BCUT2D eigenvalue weighted by Crippen LogP contribution is -2.39. The van der Waals surface area contributed by atoms with Gasteiger partial charge in [-0.05, 0) is 25.0 Å². The molecule has 7 heteroatoms. The van der Waals surface area contributed by atoms with Gasteiger partial charge in [0.25, 0.3) is 0 Å². The van der Waals surface area contributed by atoms with Crippen molar-refractivity contribution < 1.29 is 9.59 Å². The lowest BCUT2D eigenvalue weighted by Gasteiger charge is -2.31. The first-order valence-electron chi connectivity index (χ1n) is 7.05. The molecule has 2 rings (SSSR count). The molecule has 1 fully saturated rings. The van der Waals surface area contributed by atoms with Gasteiger partial charge in [-0.2, -0.15) is 0 Å². The minimum absolute atomic E-state index is 0.0976. The SMILES string of the molecule is CNC(=O)Nc1ccc(N2CCC(C(=O)NC)CC2)nc1. The maximum Gasteiger partial charge on any atom is 0.319 e. The summed E-state index contributed by atoms with van der Waals surface area (Å²) in [6.45, 7) is 1.63. The zero-order valence-corrected chi connectivity index (χ0v) is 12.3. The number of piperidine rings is 1. The topological polar surface area (TPSA) is 86.4 Å². The second-order valence-electron chi connectivity index (χ2n) is 4.98. The molecule has 1 aliphatic rings. The number of aromatic nitrogens is 1. The van der Waals surface area contributed by atoms with Crippen molar-refractivity contribution in [3.8, 4) is 0 Å². The van der Waals surface area contributed by atoms with Crippen LogP contribution in [0.3, 0.4) is 0 Å². The van der Waals surface area contributed by atoms with Crippen molar-refractivity contribution in [2.45, 2.75) is 12.8 Å². The van der Waals surface area contributed by atoms with Crippen molar-refractivity contribution in [2.75, 3.05) is 37.4 Å². The van der Waals surface area contributed by atoms with E-state index in [0.717, 1.165) is 31.7 Å². The Morgan fingerprint density at radius 3 is 2.43 bits per heavy atom. The van der Waals surface area contributed by atoms with Crippen molar-refractivity contribution in [2.24, 2.45) is 5.92 Å². The summed E-state index contributed by atoms with van der Waals surface area (Å²) in [6, 6.07) is 3.43. The quantitative estimate of drug-likeness (QED) is 0.768. The smallest absolute Gasteiger partial charge is 0.319 e. The number of nitrogens with one attached hydrogen (secondary N) is 3. The van der Waals surface area contributed by atoms with Crippen LogP contribution in [-0.2, 0) is 4.79 Å². The number of rotatable bonds is 3. The van der Waals surface area contributed by atoms with Crippen LogP contribution in [0.25, 0.3) is 0 Å². The van der Waals surface area contributed by atoms with Gasteiger partial charge < -0.3 is 20.9 Å². The van der Waals surface area contributed by atoms with Gasteiger partial charge in [0.1, 0.15) is 5.82 Å². The molecule has 0 bridgehead atoms. The molecule has 0 unspecified atom stereocenters. The largest absolute Gasteiger partial charge is 0.359 e. The van der Waals surface area contributed by atoms with E-state index in [1.165, 1.54) is 0 Å². The van der Waals surface area contributed by atoms with Crippen LogP contribution in [0.15, 0.2) is 18.3 Å². The summed E-state index contributed by atoms with van der Waals surface area (Å²) >= 11 is 0. The Morgan fingerprint density at radius 2 is 1.90 bits per heavy atom. The fraction of sp³-hybridized carbons (Fsp3) is 0.500. The first-order valence-corrected chi connectivity index (χ1v) is 7.05. The highest BCUT2D eigenvalue weighted by Crippen LogP contribution is 2.22. The molecule has 1 aromatic heterocycles. The fourth-order valence-electron chi connectivity index (χ4n) is 2.42. The molecule has 1 aliphatic heterocycles. The Hall–Kier alpha value is -2.31. The molecular weight excluding hydrogens is 270 g/mol. The van der Waals surface area contributed by atoms with Crippen LogP contribution >= 0.6 is 0 Å². The molecule has 1 saturated heterocycles. The summed E-state index contributed by atoms with van der Waals surface area (Å²) in [5.74, 6) is 1.08. The van der Waals surface area contributed by atoms with Gasteiger partial charge in [0.2, 0.25) is 5.91 Å². The molecule has 2 heterocycles. The average molecular weight is 291 g/mol. The van der Waals surface area contributed by atoms with E-state index in [4.69, 9.17) is 0 Å². The highest BCUT2D eigenvalue weighted by molar-refractivity contribution is 5.88. The lowest BCUT2D eigenvalue weighted by molar-refractivity contribution is -0.125. The van der Waals surface area contributed by atoms with E-state index in [9.17, 15) is 9.59 Å². The molecule has 21 heavy (non-hydrogen) atoms. The van der Waals surface area contributed by atoms with Gasteiger partial charge in [0, 0.05) is 33.1 Å². The summed E-state index contributed by atoms with van der Waals surface area (Å²) in [4.78, 5) is 29.3. The Bertz CT molecular complexity index is 495. The summed E-state index contributed by atoms with van der Waals surface area (Å²) in [6.07, 6.45) is 3.30. The van der Waals surface area contributed by atoms with Gasteiger partial charge in [-0.25, -0.2) is 9.78 Å². The van der Waals surface area contributed by atoms with Crippen LogP contribution in [0.1, 0.15) is 12.8 Å². The van der Waals surface area contributed by atoms with E-state index in [-0.39, 0.29) is 17.9 Å². The average Bonchev–Trinajstić information content (AvgIpc) is 2.55. The predicted octanol–water partition coefficient (Wildman–Crippen LogP) is 0.795. The second kappa shape index (κ2) is 6.92. The molecular formula is C14H21N5O2. The van der Waals surface area contributed by atoms with Gasteiger partial charge in [-0.1, -0.05) is 0 Å². The number of nitrogens with zero attached hydrogens (tertiary/aromatic N) is 2. The Labute approximate surface area is 124 Å². The molecule has 114 valence electrons. The third kappa shape index (κ3) is 3.84. The first kappa shape index (κ1) is 15.1. The number of urea groups is 1. The standard InChI is InChI=1S/C14H21N5O2/c1-15-13(20)10-5-7-19(8-6-10)12-4-3-11(9-17-12)18-14(21)16-2/h3-4,9-10H,5-8H2,1-2H3,(H,15,20)(H2,16,18,21). The maximum atomic E-state index is 11.6. The number of carbonyl (C=O) groups is 2. The number of carbonyl (C=O) groups excluding carboxylic acids is 2. The van der Waals surface area contributed by atoms with Gasteiger partial charge in [0.05, 0.1) is 11.9 Å². The highest BCUT2D eigenvalue weighted by atomic mass is 16.2.